The number of pyridine rings is 1. The van der Waals surface area contributed by atoms with Crippen LogP contribution in [0.25, 0.3) is 33.8 Å². The third-order valence-electron chi connectivity index (χ3n) is 6.65. The lowest BCUT2D eigenvalue weighted by molar-refractivity contribution is -0.129. The zero-order valence-electron chi connectivity index (χ0n) is 18.5. The van der Waals surface area contributed by atoms with Crippen LogP contribution in [0.1, 0.15) is 37.1 Å². The minimum atomic E-state index is 0.0853. The van der Waals surface area contributed by atoms with Crippen LogP contribution in [0.15, 0.2) is 47.1 Å². The molecule has 1 aromatic carbocycles. The number of rotatable bonds is 3. The number of ether oxygens (including phenoxy) is 1. The van der Waals surface area contributed by atoms with Crippen LogP contribution in [0, 0.1) is 0 Å². The lowest BCUT2D eigenvalue weighted by Crippen LogP contribution is -2.35. The Balaban J connectivity index is 1.51. The molecule has 0 bridgehead atoms. The second-order valence-electron chi connectivity index (χ2n) is 8.67. The van der Waals surface area contributed by atoms with Gasteiger partial charge in [0, 0.05) is 68.9 Å². The van der Waals surface area contributed by atoms with Crippen LogP contribution in [0.4, 0.5) is 0 Å². The van der Waals surface area contributed by atoms with Crippen molar-refractivity contribution in [3.05, 3.63) is 54.0 Å². The monoisotopic (exact) mass is 443 g/mol. The number of hydrogen-bond acceptors (Lipinski definition) is 6. The maximum absolute atomic E-state index is 12.2. The molecule has 1 amide bonds. The predicted molar refractivity (Wildman–Crippen MR) is 122 cm³/mol. The summed E-state index contributed by atoms with van der Waals surface area (Å²) in [6.45, 7) is 4.41. The minimum Gasteiger partial charge on any atom is -0.435 e. The molecule has 33 heavy (non-hydrogen) atoms. The zero-order valence-corrected chi connectivity index (χ0v) is 18.5. The highest BCUT2D eigenvalue weighted by Gasteiger charge is 2.31. The smallest absolute Gasteiger partial charge is 0.228 e. The molecule has 0 spiro atoms. The highest BCUT2D eigenvalue weighted by atomic mass is 16.5. The molecule has 5 heterocycles. The van der Waals surface area contributed by atoms with Gasteiger partial charge in [-0.3, -0.25) is 14.5 Å². The van der Waals surface area contributed by atoms with E-state index in [0.29, 0.717) is 30.6 Å². The molecule has 0 radical (unpaired) electrons. The number of carbonyl (C=O) groups is 1. The van der Waals surface area contributed by atoms with E-state index in [4.69, 9.17) is 19.2 Å². The summed E-state index contributed by atoms with van der Waals surface area (Å²) in [5.41, 5.74) is 6.42. The van der Waals surface area contributed by atoms with E-state index in [1.54, 1.807) is 19.3 Å². The van der Waals surface area contributed by atoms with Crippen molar-refractivity contribution in [3.8, 4) is 22.7 Å². The standard InChI is InChI=1S/C25H25N5O3/c1-16(31)29-11-7-22-20(15-29)23(28-30(22)18-8-12-32-13-9-18)19-5-2-6-21-24(19)33-25(27-21)17-4-3-10-26-14-17/h2-6,10,14,18H,7-9,11-13,15H2,1H3. The quantitative estimate of drug-likeness (QED) is 0.476. The van der Waals surface area contributed by atoms with Gasteiger partial charge in [-0.05, 0) is 37.1 Å². The van der Waals surface area contributed by atoms with Gasteiger partial charge in [0.15, 0.2) is 5.58 Å². The van der Waals surface area contributed by atoms with Crippen molar-refractivity contribution < 1.29 is 13.9 Å². The Labute approximate surface area is 191 Å². The zero-order chi connectivity index (χ0) is 22.4. The normalized spacial score (nSPS) is 16.8. The maximum atomic E-state index is 12.2. The van der Waals surface area contributed by atoms with E-state index in [9.17, 15) is 4.79 Å². The fourth-order valence-corrected chi connectivity index (χ4v) is 4.91. The molecule has 0 unspecified atom stereocenters. The Kier molecular flexibility index (Phi) is 4.95. The number of fused-ring (bicyclic) bond motifs is 2. The number of amides is 1. The predicted octanol–water partition coefficient (Wildman–Crippen LogP) is 4.01. The molecular formula is C25H25N5O3. The Bertz CT molecular complexity index is 1320. The van der Waals surface area contributed by atoms with E-state index in [-0.39, 0.29) is 5.91 Å². The van der Waals surface area contributed by atoms with Crippen molar-refractivity contribution in [1.82, 2.24) is 24.6 Å². The molecule has 6 rings (SSSR count). The number of hydrogen-bond donors (Lipinski definition) is 0. The van der Waals surface area contributed by atoms with E-state index in [0.717, 1.165) is 60.4 Å². The maximum Gasteiger partial charge on any atom is 0.228 e. The Morgan fingerprint density at radius 3 is 2.82 bits per heavy atom. The average Bonchev–Trinajstić information content (AvgIpc) is 3.47. The molecule has 8 nitrogen and oxygen atoms in total. The second-order valence-corrected chi connectivity index (χ2v) is 8.67. The summed E-state index contributed by atoms with van der Waals surface area (Å²) >= 11 is 0. The molecular weight excluding hydrogens is 418 g/mol. The summed E-state index contributed by atoms with van der Waals surface area (Å²) in [5, 5.41) is 5.13. The topological polar surface area (TPSA) is 86.3 Å². The van der Waals surface area contributed by atoms with Gasteiger partial charge in [0.2, 0.25) is 11.8 Å². The number of aromatic nitrogens is 4. The first-order chi connectivity index (χ1) is 16.2. The van der Waals surface area contributed by atoms with Gasteiger partial charge < -0.3 is 14.1 Å². The largest absolute Gasteiger partial charge is 0.435 e. The number of nitrogens with zero attached hydrogens (tertiary/aromatic N) is 5. The molecule has 0 N–H and O–H groups in total. The van der Waals surface area contributed by atoms with E-state index >= 15 is 0 Å². The second kappa shape index (κ2) is 8.12. The third kappa shape index (κ3) is 3.51. The summed E-state index contributed by atoms with van der Waals surface area (Å²) in [6, 6.07) is 10.1. The molecule has 1 saturated heterocycles. The van der Waals surface area contributed by atoms with Crippen LogP contribution in [-0.4, -0.2) is 50.3 Å². The molecule has 0 aliphatic carbocycles. The Morgan fingerprint density at radius 1 is 1.15 bits per heavy atom. The highest BCUT2D eigenvalue weighted by molar-refractivity contribution is 5.91. The van der Waals surface area contributed by atoms with Crippen molar-refractivity contribution in [2.75, 3.05) is 19.8 Å². The van der Waals surface area contributed by atoms with Gasteiger partial charge in [-0.25, -0.2) is 4.98 Å². The van der Waals surface area contributed by atoms with Crippen LogP contribution < -0.4 is 0 Å². The first-order valence-electron chi connectivity index (χ1n) is 11.4. The van der Waals surface area contributed by atoms with Crippen LogP contribution in [0.3, 0.4) is 0 Å². The number of para-hydroxylation sites is 1. The SMILES string of the molecule is CC(=O)N1CCc2c(c(-c3cccc4nc(-c5cccnc5)oc34)nn2C2CCOCC2)C1. The highest BCUT2D eigenvalue weighted by Crippen LogP contribution is 2.38. The molecule has 0 saturated carbocycles. The minimum absolute atomic E-state index is 0.0853. The number of benzene rings is 1. The van der Waals surface area contributed by atoms with Crippen molar-refractivity contribution >= 4 is 17.0 Å². The molecule has 8 heteroatoms. The lowest BCUT2D eigenvalue weighted by Gasteiger charge is -2.29. The van der Waals surface area contributed by atoms with E-state index in [1.165, 1.54) is 5.69 Å². The molecule has 1 fully saturated rings. The van der Waals surface area contributed by atoms with Crippen molar-refractivity contribution in [2.24, 2.45) is 0 Å². The summed E-state index contributed by atoms with van der Waals surface area (Å²) < 4.78 is 14.0. The van der Waals surface area contributed by atoms with Crippen LogP contribution in [0.5, 0.6) is 0 Å². The Morgan fingerprint density at radius 2 is 2.03 bits per heavy atom. The summed E-state index contributed by atoms with van der Waals surface area (Å²) in [4.78, 5) is 23.0. The Hall–Kier alpha value is -3.52. The van der Waals surface area contributed by atoms with Gasteiger partial charge >= 0.3 is 0 Å². The lowest BCUT2D eigenvalue weighted by atomic mass is 9.99. The van der Waals surface area contributed by atoms with Gasteiger partial charge in [-0.15, -0.1) is 0 Å². The van der Waals surface area contributed by atoms with Crippen molar-refractivity contribution in [3.63, 3.8) is 0 Å². The van der Waals surface area contributed by atoms with Crippen LogP contribution in [-0.2, 0) is 22.5 Å². The third-order valence-corrected chi connectivity index (χ3v) is 6.65. The van der Waals surface area contributed by atoms with E-state index < -0.39 is 0 Å². The van der Waals surface area contributed by atoms with E-state index in [2.05, 4.69) is 9.67 Å². The molecule has 2 aliphatic rings. The number of oxazole rings is 1. The molecule has 2 aliphatic heterocycles. The van der Waals surface area contributed by atoms with Gasteiger partial charge in [0.1, 0.15) is 11.2 Å². The van der Waals surface area contributed by atoms with Gasteiger partial charge in [0.25, 0.3) is 0 Å². The molecule has 3 aromatic heterocycles. The van der Waals surface area contributed by atoms with Gasteiger partial charge in [-0.1, -0.05) is 6.07 Å². The summed E-state index contributed by atoms with van der Waals surface area (Å²) in [6.07, 6.45) is 6.17. The van der Waals surface area contributed by atoms with Crippen molar-refractivity contribution in [1.29, 1.82) is 0 Å². The van der Waals surface area contributed by atoms with Gasteiger partial charge in [0.05, 0.1) is 11.6 Å². The van der Waals surface area contributed by atoms with Gasteiger partial charge in [-0.2, -0.15) is 5.10 Å². The van der Waals surface area contributed by atoms with Crippen LogP contribution in [0.2, 0.25) is 0 Å². The molecule has 168 valence electrons. The first kappa shape index (κ1) is 20.1. The van der Waals surface area contributed by atoms with E-state index in [1.807, 2.05) is 35.2 Å². The summed E-state index contributed by atoms with van der Waals surface area (Å²) in [5.74, 6) is 0.621. The average molecular weight is 444 g/mol. The van der Waals surface area contributed by atoms with Crippen molar-refractivity contribution in [2.45, 2.75) is 38.8 Å². The molecule has 0 atom stereocenters. The molecule has 4 aromatic rings. The fraction of sp³-hybridized carbons (Fsp3) is 0.360. The number of carbonyl (C=O) groups excluding carboxylic acids is 1. The summed E-state index contributed by atoms with van der Waals surface area (Å²) in [7, 11) is 0. The first-order valence-corrected chi connectivity index (χ1v) is 11.4. The fourth-order valence-electron chi connectivity index (χ4n) is 4.91. The van der Waals surface area contributed by atoms with Crippen LogP contribution >= 0.6 is 0 Å².